The molecule has 6 N–H and O–H groups in total. The molecule has 0 aliphatic heterocycles. The third-order valence-electron chi connectivity index (χ3n) is 3.08. The quantitative estimate of drug-likeness (QED) is 0.416. The van der Waals surface area contributed by atoms with Crippen LogP contribution in [-0.4, -0.2) is 16.0 Å². The van der Waals surface area contributed by atoms with Gasteiger partial charge in [-0.1, -0.05) is 0 Å². The number of imidazole rings is 1. The minimum Gasteiger partial charge on any atom is -0.397 e. The summed E-state index contributed by atoms with van der Waals surface area (Å²) >= 11 is 0. The van der Waals surface area contributed by atoms with Gasteiger partial charge in [-0.2, -0.15) is 0 Å². The zero-order valence-corrected chi connectivity index (χ0v) is 13.5. The summed E-state index contributed by atoms with van der Waals surface area (Å²) in [6.07, 6.45) is 0. The van der Waals surface area contributed by atoms with Crippen molar-refractivity contribution in [1.82, 2.24) is 9.97 Å². The second-order valence-electron chi connectivity index (χ2n) is 5.56. The maximum absolute atomic E-state index is 12.9. The Bertz CT molecular complexity index is 803. The predicted molar refractivity (Wildman–Crippen MR) is 90.0 cm³/mol. The molecule has 0 aliphatic rings. The smallest absolute Gasteiger partial charge is 0.201 e. The molecule has 1 aromatic heterocycles. The zero-order chi connectivity index (χ0) is 18.7. The molecule has 0 bridgehead atoms. The Kier molecular flexibility index (Phi) is 5.35. The third kappa shape index (κ3) is 4.52. The number of aromatic amines is 1. The molecule has 0 unspecified atom stereocenters. The summed E-state index contributed by atoms with van der Waals surface area (Å²) in [6, 6.07) is 4.09. The van der Waals surface area contributed by atoms with Crippen molar-refractivity contribution in [2.75, 3.05) is 16.8 Å². The van der Waals surface area contributed by atoms with Crippen molar-refractivity contribution in [2.45, 2.75) is 19.9 Å². The first kappa shape index (κ1) is 18.4. The second kappa shape index (κ2) is 7.29. The van der Waals surface area contributed by atoms with E-state index in [1.807, 2.05) is 13.8 Å². The van der Waals surface area contributed by atoms with E-state index in [0.717, 1.165) is 24.3 Å². The Morgan fingerprint density at radius 2 is 1.36 bits per heavy atom. The molecule has 2 aromatic carbocycles. The van der Waals surface area contributed by atoms with Crippen LogP contribution in [0, 0.1) is 23.3 Å². The highest BCUT2D eigenvalue weighted by Crippen LogP contribution is 2.19. The average Bonchev–Trinajstić information content (AvgIpc) is 2.86. The van der Waals surface area contributed by atoms with Gasteiger partial charge in [-0.25, -0.2) is 22.5 Å². The van der Waals surface area contributed by atoms with Crippen LogP contribution in [0.3, 0.4) is 0 Å². The standard InChI is InChI=1S/C10H11F2N3.C6H6F2N2/c1-5(2)13-10-14-8-3-6(11)7(12)4-9(8)15-10;7-3-1-5(9)6(10)2-4(3)8/h3-5H,1-2H3,(H2,13,14,15);1-2H,9-10H2. The monoisotopic (exact) mass is 355 g/mol. The van der Waals surface area contributed by atoms with E-state index in [1.54, 1.807) is 0 Å². The summed E-state index contributed by atoms with van der Waals surface area (Å²) in [5, 5.41) is 3.02. The van der Waals surface area contributed by atoms with E-state index in [1.165, 1.54) is 0 Å². The van der Waals surface area contributed by atoms with E-state index in [0.29, 0.717) is 17.0 Å². The Morgan fingerprint density at radius 1 is 0.880 bits per heavy atom. The molecule has 0 aliphatic carbocycles. The minimum atomic E-state index is -0.980. The summed E-state index contributed by atoms with van der Waals surface area (Å²) in [5.74, 6) is -3.20. The van der Waals surface area contributed by atoms with Crippen LogP contribution in [0.15, 0.2) is 24.3 Å². The molecular formula is C16H17F4N5. The van der Waals surface area contributed by atoms with Gasteiger partial charge in [0.15, 0.2) is 23.3 Å². The highest BCUT2D eigenvalue weighted by atomic mass is 19.2. The lowest BCUT2D eigenvalue weighted by Crippen LogP contribution is -2.10. The first-order valence-corrected chi connectivity index (χ1v) is 7.28. The number of nitrogens with zero attached hydrogens (tertiary/aromatic N) is 1. The molecule has 0 radical (unpaired) electrons. The van der Waals surface area contributed by atoms with E-state index < -0.39 is 23.3 Å². The summed E-state index contributed by atoms with van der Waals surface area (Å²) < 4.78 is 50.2. The summed E-state index contributed by atoms with van der Waals surface area (Å²) in [7, 11) is 0. The zero-order valence-electron chi connectivity index (χ0n) is 13.5. The van der Waals surface area contributed by atoms with Gasteiger partial charge < -0.3 is 21.8 Å². The van der Waals surface area contributed by atoms with Gasteiger partial charge in [-0.3, -0.25) is 0 Å². The number of H-pyrrole nitrogens is 1. The summed E-state index contributed by atoms with van der Waals surface area (Å²) in [6.45, 7) is 3.91. The molecule has 3 aromatic rings. The van der Waals surface area contributed by atoms with Crippen molar-refractivity contribution >= 4 is 28.4 Å². The molecule has 0 atom stereocenters. The molecule has 0 saturated heterocycles. The number of fused-ring (bicyclic) bond motifs is 1. The number of nitrogen functional groups attached to an aromatic ring is 2. The van der Waals surface area contributed by atoms with Gasteiger partial charge in [-0.05, 0) is 13.8 Å². The number of benzene rings is 2. The molecule has 1 heterocycles. The maximum Gasteiger partial charge on any atom is 0.201 e. The Labute approximate surface area is 141 Å². The van der Waals surface area contributed by atoms with E-state index in [-0.39, 0.29) is 17.4 Å². The van der Waals surface area contributed by atoms with Crippen molar-refractivity contribution < 1.29 is 17.6 Å². The maximum atomic E-state index is 12.9. The van der Waals surface area contributed by atoms with Crippen LogP contribution in [0.5, 0.6) is 0 Å². The van der Waals surface area contributed by atoms with Crippen molar-refractivity contribution in [3.05, 3.63) is 47.5 Å². The number of rotatable bonds is 2. The van der Waals surface area contributed by atoms with Gasteiger partial charge in [0, 0.05) is 30.3 Å². The topological polar surface area (TPSA) is 92.8 Å². The Hall–Kier alpha value is -2.97. The lowest BCUT2D eigenvalue weighted by atomic mass is 10.2. The minimum absolute atomic E-state index is 0.0545. The highest BCUT2D eigenvalue weighted by molar-refractivity contribution is 5.77. The largest absolute Gasteiger partial charge is 0.397 e. The average molecular weight is 355 g/mol. The molecule has 0 spiro atoms. The number of nitrogens with two attached hydrogens (primary N) is 2. The van der Waals surface area contributed by atoms with E-state index >= 15 is 0 Å². The molecular weight excluding hydrogens is 338 g/mol. The molecule has 0 amide bonds. The lowest BCUT2D eigenvalue weighted by molar-refractivity contribution is 0.510. The highest BCUT2D eigenvalue weighted by Gasteiger charge is 2.08. The molecule has 0 fully saturated rings. The normalized spacial score (nSPS) is 10.7. The van der Waals surface area contributed by atoms with E-state index in [4.69, 9.17) is 11.5 Å². The molecule has 5 nitrogen and oxygen atoms in total. The van der Waals surface area contributed by atoms with Gasteiger partial charge in [0.05, 0.1) is 22.4 Å². The molecule has 3 rings (SSSR count). The Morgan fingerprint density at radius 3 is 1.88 bits per heavy atom. The van der Waals surface area contributed by atoms with Crippen LogP contribution in [0.1, 0.15) is 13.8 Å². The van der Waals surface area contributed by atoms with Crippen LogP contribution >= 0.6 is 0 Å². The SMILES string of the molecule is CC(C)Nc1nc2cc(F)c(F)cc2[nH]1.Nc1cc(F)c(F)cc1N. The molecule has 9 heteroatoms. The number of nitrogens with one attached hydrogen (secondary N) is 2. The van der Waals surface area contributed by atoms with E-state index in [9.17, 15) is 17.6 Å². The fourth-order valence-electron chi connectivity index (χ4n) is 1.92. The molecule has 0 saturated carbocycles. The van der Waals surface area contributed by atoms with Gasteiger partial charge >= 0.3 is 0 Å². The van der Waals surface area contributed by atoms with Crippen LogP contribution < -0.4 is 16.8 Å². The fraction of sp³-hybridized carbons (Fsp3) is 0.188. The van der Waals surface area contributed by atoms with Crippen molar-refractivity contribution in [1.29, 1.82) is 0 Å². The van der Waals surface area contributed by atoms with Crippen LogP contribution in [0.2, 0.25) is 0 Å². The number of hydrogen-bond acceptors (Lipinski definition) is 4. The summed E-state index contributed by atoms with van der Waals surface area (Å²) in [5.41, 5.74) is 11.3. The number of aromatic nitrogens is 2. The van der Waals surface area contributed by atoms with Crippen LogP contribution in [0.4, 0.5) is 34.9 Å². The van der Waals surface area contributed by atoms with Crippen LogP contribution in [-0.2, 0) is 0 Å². The van der Waals surface area contributed by atoms with Crippen molar-refractivity contribution in [3.8, 4) is 0 Å². The van der Waals surface area contributed by atoms with Gasteiger partial charge in [0.1, 0.15) is 0 Å². The summed E-state index contributed by atoms with van der Waals surface area (Å²) in [4.78, 5) is 6.95. The lowest BCUT2D eigenvalue weighted by Gasteiger charge is -2.04. The fourth-order valence-corrected chi connectivity index (χ4v) is 1.92. The molecule has 25 heavy (non-hydrogen) atoms. The third-order valence-corrected chi connectivity index (χ3v) is 3.08. The van der Waals surface area contributed by atoms with Gasteiger partial charge in [0.25, 0.3) is 0 Å². The predicted octanol–water partition coefficient (Wildman–Crippen LogP) is 3.79. The van der Waals surface area contributed by atoms with Crippen molar-refractivity contribution in [3.63, 3.8) is 0 Å². The first-order chi connectivity index (χ1) is 11.7. The number of anilines is 3. The van der Waals surface area contributed by atoms with Crippen molar-refractivity contribution in [2.24, 2.45) is 0 Å². The second-order valence-corrected chi connectivity index (χ2v) is 5.56. The number of halogens is 4. The number of hydrogen-bond donors (Lipinski definition) is 4. The van der Waals surface area contributed by atoms with E-state index in [2.05, 4.69) is 15.3 Å². The van der Waals surface area contributed by atoms with Gasteiger partial charge in [0.2, 0.25) is 5.95 Å². The Balaban J connectivity index is 0.000000196. The first-order valence-electron chi connectivity index (χ1n) is 7.28. The van der Waals surface area contributed by atoms with Gasteiger partial charge in [-0.15, -0.1) is 0 Å². The molecule has 134 valence electrons. The van der Waals surface area contributed by atoms with Crippen LogP contribution in [0.25, 0.3) is 11.0 Å².